The van der Waals surface area contributed by atoms with Crippen molar-refractivity contribution >= 4 is 32.1 Å². The van der Waals surface area contributed by atoms with Crippen LogP contribution >= 0.6 is 0 Å². The number of ether oxygens (including phenoxy) is 3. The highest BCUT2D eigenvalue weighted by atomic mass is 32.2. The zero-order valence-corrected chi connectivity index (χ0v) is 19.3. The molecule has 0 saturated heterocycles. The molecule has 0 aliphatic rings. The molecule has 4 rings (SSSR count). The number of hydrogen-bond donors (Lipinski definition) is 1. The van der Waals surface area contributed by atoms with E-state index < -0.39 is 9.84 Å². The summed E-state index contributed by atoms with van der Waals surface area (Å²) in [5.74, 6) is 1.70. The number of fused-ring (bicyclic) bond motifs is 1. The summed E-state index contributed by atoms with van der Waals surface area (Å²) in [7, 11) is -0.787. The predicted molar refractivity (Wildman–Crippen MR) is 128 cm³/mol. The molecule has 0 spiro atoms. The number of nitrogens with one attached hydrogen (secondary N) is 1. The summed E-state index contributed by atoms with van der Waals surface area (Å²) in [6.45, 7) is 2.47. The highest BCUT2D eigenvalue weighted by Gasteiger charge is 2.25. The smallest absolute Gasteiger partial charge is 0.210 e. The molecule has 170 valence electrons. The summed E-state index contributed by atoms with van der Waals surface area (Å²) < 4.78 is 43.5. The van der Waals surface area contributed by atoms with Gasteiger partial charge < -0.3 is 19.5 Å². The molecule has 0 unspecified atom stereocenters. The third-order valence-electron chi connectivity index (χ3n) is 5.12. The van der Waals surface area contributed by atoms with Crippen LogP contribution in [0.3, 0.4) is 0 Å². The Bertz CT molecular complexity index is 1370. The molecule has 1 aromatic heterocycles. The third-order valence-corrected chi connectivity index (χ3v) is 6.90. The van der Waals surface area contributed by atoms with Crippen molar-refractivity contribution in [1.82, 2.24) is 4.98 Å². The Labute approximate surface area is 192 Å². The van der Waals surface area contributed by atoms with Crippen LogP contribution in [0.2, 0.25) is 0 Å². The normalized spacial score (nSPS) is 11.2. The fourth-order valence-electron chi connectivity index (χ4n) is 3.51. The van der Waals surface area contributed by atoms with E-state index in [1.165, 1.54) is 20.4 Å². The van der Waals surface area contributed by atoms with Crippen LogP contribution in [-0.2, 0) is 9.84 Å². The number of sulfone groups is 1. The Hall–Kier alpha value is -3.78. The first-order valence-corrected chi connectivity index (χ1v) is 11.8. The molecular formula is C25H24N2O5S. The van der Waals surface area contributed by atoms with Crippen LogP contribution in [0.15, 0.2) is 82.7 Å². The average molecular weight is 465 g/mol. The van der Waals surface area contributed by atoms with Crippen molar-refractivity contribution in [2.45, 2.75) is 16.7 Å². The van der Waals surface area contributed by atoms with Crippen molar-refractivity contribution in [3.63, 3.8) is 0 Å². The lowest BCUT2D eigenvalue weighted by Crippen LogP contribution is -2.07. The number of benzene rings is 3. The largest absolute Gasteiger partial charge is 0.494 e. The molecule has 1 heterocycles. The second kappa shape index (κ2) is 9.38. The van der Waals surface area contributed by atoms with Crippen molar-refractivity contribution < 1.29 is 22.6 Å². The van der Waals surface area contributed by atoms with E-state index in [0.29, 0.717) is 40.4 Å². The molecule has 1 N–H and O–H groups in total. The van der Waals surface area contributed by atoms with Gasteiger partial charge >= 0.3 is 0 Å². The minimum atomic E-state index is -3.85. The van der Waals surface area contributed by atoms with E-state index in [4.69, 9.17) is 14.2 Å². The molecule has 0 amide bonds. The van der Waals surface area contributed by atoms with Gasteiger partial charge in [-0.2, -0.15) is 0 Å². The lowest BCUT2D eigenvalue weighted by Gasteiger charge is -2.17. The maximum atomic E-state index is 13.5. The summed E-state index contributed by atoms with van der Waals surface area (Å²) in [4.78, 5) is 4.66. The lowest BCUT2D eigenvalue weighted by atomic mass is 10.1. The van der Waals surface area contributed by atoms with E-state index in [2.05, 4.69) is 10.3 Å². The summed E-state index contributed by atoms with van der Waals surface area (Å²) in [6, 6.07) is 19.0. The molecule has 0 saturated carbocycles. The molecule has 33 heavy (non-hydrogen) atoms. The molecule has 0 atom stereocenters. The fraction of sp³-hybridized carbons (Fsp3) is 0.160. The first-order chi connectivity index (χ1) is 16.0. The van der Waals surface area contributed by atoms with Crippen molar-refractivity contribution in [3.8, 4) is 17.2 Å². The van der Waals surface area contributed by atoms with Crippen molar-refractivity contribution in [2.75, 3.05) is 26.1 Å². The summed E-state index contributed by atoms with van der Waals surface area (Å²) in [5, 5.41) is 3.86. The van der Waals surface area contributed by atoms with Crippen molar-refractivity contribution in [2.24, 2.45) is 0 Å². The minimum absolute atomic E-state index is 0.0577. The fourth-order valence-corrected chi connectivity index (χ4v) is 4.90. The molecule has 0 fully saturated rings. The second-order valence-electron chi connectivity index (χ2n) is 7.12. The number of nitrogens with zero attached hydrogens (tertiary/aromatic N) is 1. The number of aromatic nitrogens is 1. The van der Waals surface area contributed by atoms with Gasteiger partial charge in [0.15, 0.2) is 11.5 Å². The minimum Gasteiger partial charge on any atom is -0.494 e. The van der Waals surface area contributed by atoms with E-state index in [1.54, 1.807) is 42.5 Å². The van der Waals surface area contributed by atoms with Gasteiger partial charge in [-0.05, 0) is 49.4 Å². The SMILES string of the molecule is CCOc1ccc(Nc2c(S(=O)(=O)c3ccccc3)cnc3cc(OC)c(OC)cc23)cc1. The topological polar surface area (TPSA) is 86.8 Å². The van der Waals surface area contributed by atoms with E-state index in [0.717, 1.165) is 5.75 Å². The van der Waals surface area contributed by atoms with Gasteiger partial charge in [0.1, 0.15) is 10.6 Å². The lowest BCUT2D eigenvalue weighted by molar-refractivity contribution is 0.340. The number of anilines is 2. The molecule has 8 heteroatoms. The monoisotopic (exact) mass is 464 g/mol. The summed E-state index contributed by atoms with van der Waals surface area (Å²) in [5.41, 5.74) is 1.66. The van der Waals surface area contributed by atoms with Gasteiger partial charge in [-0.25, -0.2) is 8.42 Å². The molecule has 0 aliphatic carbocycles. The Kier molecular flexibility index (Phi) is 6.37. The van der Waals surface area contributed by atoms with Crippen LogP contribution in [0.1, 0.15) is 6.92 Å². The molecule has 0 radical (unpaired) electrons. The number of methoxy groups -OCH3 is 2. The Morgan fingerprint density at radius 2 is 1.58 bits per heavy atom. The highest BCUT2D eigenvalue weighted by Crippen LogP contribution is 2.40. The summed E-state index contributed by atoms with van der Waals surface area (Å²) in [6.07, 6.45) is 1.37. The van der Waals surface area contributed by atoms with Crippen LogP contribution in [0, 0.1) is 0 Å². The first-order valence-electron chi connectivity index (χ1n) is 10.3. The van der Waals surface area contributed by atoms with Gasteiger partial charge in [-0.15, -0.1) is 0 Å². The van der Waals surface area contributed by atoms with Gasteiger partial charge in [0.25, 0.3) is 0 Å². The van der Waals surface area contributed by atoms with E-state index in [-0.39, 0.29) is 9.79 Å². The molecular weight excluding hydrogens is 440 g/mol. The van der Waals surface area contributed by atoms with E-state index in [1.807, 2.05) is 31.2 Å². The van der Waals surface area contributed by atoms with Gasteiger partial charge in [-0.1, -0.05) is 18.2 Å². The van der Waals surface area contributed by atoms with Gasteiger partial charge in [0.05, 0.1) is 36.9 Å². The Morgan fingerprint density at radius 3 is 2.21 bits per heavy atom. The second-order valence-corrected chi connectivity index (χ2v) is 9.04. The maximum Gasteiger partial charge on any atom is 0.210 e. The number of hydrogen-bond acceptors (Lipinski definition) is 7. The number of pyridine rings is 1. The van der Waals surface area contributed by atoms with Gasteiger partial charge in [0, 0.05) is 23.3 Å². The van der Waals surface area contributed by atoms with Crippen LogP contribution in [0.4, 0.5) is 11.4 Å². The molecule has 0 aliphatic heterocycles. The third kappa shape index (κ3) is 4.42. The van der Waals surface area contributed by atoms with Crippen LogP contribution < -0.4 is 19.5 Å². The van der Waals surface area contributed by atoms with Gasteiger partial charge in [-0.3, -0.25) is 4.98 Å². The van der Waals surface area contributed by atoms with Crippen LogP contribution in [0.25, 0.3) is 10.9 Å². The van der Waals surface area contributed by atoms with Crippen molar-refractivity contribution in [1.29, 1.82) is 0 Å². The molecule has 0 bridgehead atoms. The standard InChI is InChI=1S/C25H24N2O5S/c1-4-32-18-12-10-17(11-13-18)27-25-20-14-22(30-2)23(31-3)15-21(20)26-16-24(25)33(28,29)19-8-6-5-7-9-19/h5-16H,4H2,1-3H3,(H,26,27). The zero-order valence-electron chi connectivity index (χ0n) is 18.5. The highest BCUT2D eigenvalue weighted by molar-refractivity contribution is 7.91. The van der Waals surface area contributed by atoms with E-state index in [9.17, 15) is 8.42 Å². The predicted octanol–water partition coefficient (Wildman–Crippen LogP) is 5.23. The Morgan fingerprint density at radius 1 is 0.909 bits per heavy atom. The summed E-state index contributed by atoms with van der Waals surface area (Å²) >= 11 is 0. The van der Waals surface area contributed by atoms with Crippen molar-refractivity contribution in [3.05, 3.63) is 72.9 Å². The number of rotatable bonds is 8. The maximum absolute atomic E-state index is 13.5. The molecule has 7 nitrogen and oxygen atoms in total. The first kappa shape index (κ1) is 22.4. The quantitative estimate of drug-likeness (QED) is 0.382. The molecule has 3 aromatic carbocycles. The van der Waals surface area contributed by atoms with Gasteiger partial charge in [0.2, 0.25) is 9.84 Å². The molecule has 4 aromatic rings. The van der Waals surface area contributed by atoms with Crippen LogP contribution in [-0.4, -0.2) is 34.2 Å². The zero-order chi connectivity index (χ0) is 23.4. The van der Waals surface area contributed by atoms with E-state index >= 15 is 0 Å². The Balaban J connectivity index is 1.93. The van der Waals surface area contributed by atoms with Crippen LogP contribution in [0.5, 0.6) is 17.2 Å². The average Bonchev–Trinajstić information content (AvgIpc) is 2.85.